The van der Waals surface area contributed by atoms with Gasteiger partial charge in [0.15, 0.2) is 0 Å². The van der Waals surface area contributed by atoms with E-state index in [0.29, 0.717) is 33.7 Å². The molecule has 0 aliphatic heterocycles. The molecule has 0 saturated carbocycles. The Kier molecular flexibility index (Phi) is 6.55. The van der Waals surface area contributed by atoms with Crippen LogP contribution in [0.4, 0.5) is 22.7 Å². The summed E-state index contributed by atoms with van der Waals surface area (Å²) in [5.41, 5.74) is 1.76. The molecule has 0 spiro atoms. The highest BCUT2D eigenvalue weighted by Crippen LogP contribution is 2.42. The number of hydrogen-bond donors (Lipinski definition) is 1. The van der Waals surface area contributed by atoms with Crippen molar-refractivity contribution in [3.05, 3.63) is 97.6 Å². The summed E-state index contributed by atoms with van der Waals surface area (Å²) in [6, 6.07) is 15.5. The van der Waals surface area contributed by atoms with Gasteiger partial charge in [-0.05, 0) is 66.9 Å². The summed E-state index contributed by atoms with van der Waals surface area (Å²) in [5, 5.41) is 44.2. The first-order chi connectivity index (χ1) is 16.1. The van der Waals surface area contributed by atoms with Gasteiger partial charge in [0, 0.05) is 11.8 Å². The number of benzene rings is 3. The molecular weight excluding hydrogens is 438 g/mol. The third-order valence-electron chi connectivity index (χ3n) is 4.92. The molecule has 0 aliphatic carbocycles. The van der Waals surface area contributed by atoms with Crippen LogP contribution < -0.4 is 10.1 Å². The van der Waals surface area contributed by atoms with Crippen LogP contribution >= 0.6 is 0 Å². The smallest absolute Gasteiger partial charge is 0.318 e. The first-order valence-corrected chi connectivity index (χ1v) is 9.77. The Labute approximate surface area is 194 Å². The second-order valence-electron chi connectivity index (χ2n) is 7.30. The first kappa shape index (κ1) is 23.4. The molecule has 0 amide bonds. The number of nitrogens with one attached hydrogen (secondary N) is 1. The van der Waals surface area contributed by atoms with Gasteiger partial charge in [-0.15, -0.1) is 0 Å². The van der Waals surface area contributed by atoms with E-state index in [-0.39, 0.29) is 17.0 Å². The van der Waals surface area contributed by atoms with Crippen LogP contribution in [0.15, 0.2) is 55.1 Å². The molecule has 3 rings (SSSR count). The highest BCUT2D eigenvalue weighted by Gasteiger charge is 2.27. The van der Waals surface area contributed by atoms with Gasteiger partial charge in [-0.25, -0.2) is 0 Å². The maximum absolute atomic E-state index is 11.7. The number of nitriles is 2. The summed E-state index contributed by atoms with van der Waals surface area (Å²) in [4.78, 5) is 21.8. The minimum Gasteiger partial charge on any atom is -0.449 e. The third-order valence-corrected chi connectivity index (χ3v) is 4.92. The fourth-order valence-electron chi connectivity index (χ4n) is 3.28. The minimum atomic E-state index is -0.760. The Morgan fingerprint density at radius 3 is 2.06 bits per heavy atom. The molecule has 0 unspecified atom stereocenters. The van der Waals surface area contributed by atoms with E-state index in [9.17, 15) is 20.2 Å². The summed E-state index contributed by atoms with van der Waals surface area (Å²) < 4.78 is 5.89. The van der Waals surface area contributed by atoms with E-state index in [0.717, 1.165) is 6.07 Å². The predicted molar refractivity (Wildman–Crippen MR) is 125 cm³/mol. The van der Waals surface area contributed by atoms with Crippen LogP contribution in [0, 0.1) is 56.7 Å². The average Bonchev–Trinajstić information content (AvgIpc) is 2.80. The van der Waals surface area contributed by atoms with E-state index < -0.39 is 21.2 Å². The van der Waals surface area contributed by atoms with Gasteiger partial charge in [-0.2, -0.15) is 10.5 Å². The molecule has 0 aliphatic rings. The molecule has 34 heavy (non-hydrogen) atoms. The van der Waals surface area contributed by atoms with Crippen molar-refractivity contribution in [1.82, 2.24) is 0 Å². The molecular formula is C24H17N5O5. The summed E-state index contributed by atoms with van der Waals surface area (Å²) in [6.45, 7) is 7.11. The van der Waals surface area contributed by atoms with E-state index in [2.05, 4.69) is 11.9 Å². The van der Waals surface area contributed by atoms with Crippen LogP contribution in [0.3, 0.4) is 0 Å². The number of ether oxygens (including phenoxy) is 1. The Hall–Kier alpha value is -5.22. The number of nitro benzene ring substituents is 2. The van der Waals surface area contributed by atoms with Crippen molar-refractivity contribution in [3.8, 4) is 23.6 Å². The largest absolute Gasteiger partial charge is 0.449 e. The van der Waals surface area contributed by atoms with Gasteiger partial charge in [-0.3, -0.25) is 20.2 Å². The number of nitrogens with zero attached hydrogens (tertiary/aromatic N) is 4. The van der Waals surface area contributed by atoms with Crippen molar-refractivity contribution >= 4 is 28.3 Å². The van der Waals surface area contributed by atoms with Gasteiger partial charge in [0.1, 0.15) is 17.5 Å². The molecule has 1 N–H and O–H groups in total. The molecule has 0 saturated heterocycles. The van der Waals surface area contributed by atoms with Gasteiger partial charge >= 0.3 is 5.69 Å². The van der Waals surface area contributed by atoms with Crippen molar-refractivity contribution < 1.29 is 14.6 Å². The average molecular weight is 455 g/mol. The second-order valence-corrected chi connectivity index (χ2v) is 7.30. The van der Waals surface area contributed by atoms with Crippen LogP contribution in [-0.2, 0) is 0 Å². The number of hydrogen-bond acceptors (Lipinski definition) is 8. The molecule has 0 bridgehead atoms. The maximum Gasteiger partial charge on any atom is 0.318 e. The second kappa shape index (κ2) is 9.51. The molecule has 0 heterocycles. The lowest BCUT2D eigenvalue weighted by molar-refractivity contribution is -0.394. The molecule has 3 aromatic carbocycles. The molecule has 0 aromatic heterocycles. The SMILES string of the molecule is C=C(C#N)c1cc(C)c(Oc2cc(Nc3ccc(C#N)cc3)c([N+](=O)[O-])cc2[N+](=O)[O-])c(C)c1. The van der Waals surface area contributed by atoms with Crippen molar-refractivity contribution in [2.24, 2.45) is 0 Å². The molecule has 0 atom stereocenters. The quantitative estimate of drug-likeness (QED) is 0.256. The van der Waals surface area contributed by atoms with Gasteiger partial charge in [0.05, 0.1) is 33.1 Å². The van der Waals surface area contributed by atoms with Gasteiger partial charge in [0.25, 0.3) is 5.69 Å². The Morgan fingerprint density at radius 2 is 1.56 bits per heavy atom. The Balaban J connectivity index is 2.11. The van der Waals surface area contributed by atoms with Crippen molar-refractivity contribution in [3.63, 3.8) is 0 Å². The zero-order valence-corrected chi connectivity index (χ0v) is 18.2. The lowest BCUT2D eigenvalue weighted by Crippen LogP contribution is -2.02. The van der Waals surface area contributed by atoms with E-state index in [1.54, 1.807) is 38.1 Å². The van der Waals surface area contributed by atoms with Gasteiger partial charge in [-0.1, -0.05) is 6.58 Å². The lowest BCUT2D eigenvalue weighted by atomic mass is 10.0. The molecule has 0 fully saturated rings. The summed E-state index contributed by atoms with van der Waals surface area (Å²) in [5.74, 6) is 0.112. The monoisotopic (exact) mass is 455 g/mol. The van der Waals surface area contributed by atoms with Crippen molar-refractivity contribution in [1.29, 1.82) is 10.5 Å². The fraction of sp³-hybridized carbons (Fsp3) is 0.0833. The van der Waals surface area contributed by atoms with Crippen molar-refractivity contribution in [2.75, 3.05) is 5.32 Å². The topological polar surface area (TPSA) is 155 Å². The number of aryl methyl sites for hydroxylation is 2. The van der Waals surface area contributed by atoms with E-state index in [1.807, 2.05) is 12.1 Å². The Bertz CT molecular complexity index is 1390. The zero-order valence-electron chi connectivity index (χ0n) is 18.2. The van der Waals surface area contributed by atoms with E-state index >= 15 is 0 Å². The highest BCUT2D eigenvalue weighted by atomic mass is 16.6. The zero-order chi connectivity index (χ0) is 25.0. The minimum absolute atomic E-state index is 0.0277. The third kappa shape index (κ3) is 4.82. The van der Waals surface area contributed by atoms with Crippen LogP contribution in [0.2, 0.25) is 0 Å². The van der Waals surface area contributed by atoms with Crippen LogP contribution in [0.25, 0.3) is 5.57 Å². The van der Waals surface area contributed by atoms with Gasteiger partial charge in [0.2, 0.25) is 5.75 Å². The number of rotatable bonds is 7. The summed E-state index contributed by atoms with van der Waals surface area (Å²) in [7, 11) is 0. The van der Waals surface area contributed by atoms with Crippen LogP contribution in [-0.4, -0.2) is 9.85 Å². The van der Waals surface area contributed by atoms with Gasteiger partial charge < -0.3 is 10.1 Å². The maximum atomic E-state index is 11.7. The Morgan fingerprint density at radius 1 is 0.971 bits per heavy atom. The number of anilines is 2. The van der Waals surface area contributed by atoms with E-state index in [4.69, 9.17) is 15.3 Å². The molecule has 3 aromatic rings. The molecule has 10 heteroatoms. The predicted octanol–water partition coefficient (Wildman–Crippen LogP) is 6.06. The standard InChI is InChI=1S/C24H17N5O5/c1-14-8-18(16(3)12-25)9-15(2)24(14)34-23-10-20(21(28(30)31)11-22(23)29(32)33)27-19-6-4-17(13-26)5-7-19/h4-11,27H,3H2,1-2H3. The van der Waals surface area contributed by atoms with Crippen LogP contribution in [0.5, 0.6) is 11.5 Å². The van der Waals surface area contributed by atoms with E-state index in [1.165, 1.54) is 18.2 Å². The highest BCUT2D eigenvalue weighted by molar-refractivity contribution is 5.77. The summed E-state index contributed by atoms with van der Waals surface area (Å²) in [6.07, 6.45) is 0. The number of nitro groups is 2. The lowest BCUT2D eigenvalue weighted by Gasteiger charge is -2.15. The van der Waals surface area contributed by atoms with Crippen molar-refractivity contribution in [2.45, 2.75) is 13.8 Å². The summed E-state index contributed by atoms with van der Waals surface area (Å²) >= 11 is 0. The normalized spacial score (nSPS) is 10.0. The fourth-order valence-corrected chi connectivity index (χ4v) is 3.28. The first-order valence-electron chi connectivity index (χ1n) is 9.77. The molecule has 10 nitrogen and oxygen atoms in total. The molecule has 168 valence electrons. The van der Waals surface area contributed by atoms with Crippen LogP contribution in [0.1, 0.15) is 22.3 Å². The molecule has 0 radical (unpaired) electrons. The number of allylic oxidation sites excluding steroid dienone is 1.